The molecule has 0 radical (unpaired) electrons. The molecule has 0 amide bonds. The first kappa shape index (κ1) is 10.5. The molecule has 4 nitrogen and oxygen atoms in total. The van der Waals surface area contributed by atoms with E-state index in [9.17, 15) is 9.59 Å². The fourth-order valence-electron chi connectivity index (χ4n) is 0.856. The van der Waals surface area contributed by atoms with Gasteiger partial charge in [0.25, 0.3) is 0 Å². The van der Waals surface area contributed by atoms with E-state index in [1.54, 1.807) is 12.1 Å². The van der Waals surface area contributed by atoms with E-state index in [-0.39, 0.29) is 11.1 Å². The molecule has 0 N–H and O–H groups in total. The first-order chi connectivity index (χ1) is 6.54. The molecular formula is C8Cl2N2O2. The molecule has 1 rings (SSSR count). The molecule has 0 atom stereocenters. The lowest BCUT2D eigenvalue weighted by Gasteiger charge is -2.08. The lowest BCUT2D eigenvalue weighted by atomic mass is 9.97. The van der Waals surface area contributed by atoms with Gasteiger partial charge in [-0.25, -0.2) is 0 Å². The quantitative estimate of drug-likeness (QED) is 0.459. The van der Waals surface area contributed by atoms with E-state index < -0.39 is 21.6 Å². The molecule has 0 unspecified atom stereocenters. The number of Topliss-reactive ketones (excluding diaryl/α,β-unsaturated/α-hetero) is 2. The smallest absolute Gasteiger partial charge is 0.247 e. The molecule has 0 heterocycles. The molecule has 0 aromatic heterocycles. The minimum absolute atomic E-state index is 0.358. The minimum atomic E-state index is -1.06. The van der Waals surface area contributed by atoms with Crippen molar-refractivity contribution in [2.24, 2.45) is 0 Å². The number of halogens is 2. The summed E-state index contributed by atoms with van der Waals surface area (Å²) in [6, 6.07) is 3.09. The van der Waals surface area contributed by atoms with E-state index in [2.05, 4.69) is 0 Å². The molecule has 0 spiro atoms. The van der Waals surface area contributed by atoms with Crippen molar-refractivity contribution in [3.63, 3.8) is 0 Å². The van der Waals surface area contributed by atoms with E-state index >= 15 is 0 Å². The molecule has 0 aromatic carbocycles. The van der Waals surface area contributed by atoms with Gasteiger partial charge in [-0.1, -0.05) is 23.2 Å². The average molecular weight is 227 g/mol. The summed E-state index contributed by atoms with van der Waals surface area (Å²) in [6.07, 6.45) is 0. The lowest BCUT2D eigenvalue weighted by molar-refractivity contribution is -0.131. The third-order valence-electron chi connectivity index (χ3n) is 1.52. The Hall–Kier alpha value is -1.62. The van der Waals surface area contributed by atoms with Gasteiger partial charge in [-0.3, -0.25) is 9.59 Å². The van der Waals surface area contributed by atoms with Crippen LogP contribution in [0.5, 0.6) is 0 Å². The Kier molecular flexibility index (Phi) is 2.71. The van der Waals surface area contributed by atoms with Crippen LogP contribution >= 0.6 is 23.2 Å². The van der Waals surface area contributed by atoms with Gasteiger partial charge in [-0.15, -0.1) is 0 Å². The van der Waals surface area contributed by atoms with E-state index in [0.29, 0.717) is 0 Å². The second kappa shape index (κ2) is 3.63. The topological polar surface area (TPSA) is 81.7 Å². The van der Waals surface area contributed by atoms with Crippen LogP contribution in [-0.2, 0) is 9.59 Å². The summed E-state index contributed by atoms with van der Waals surface area (Å²) in [5.41, 5.74) is -0.715. The van der Waals surface area contributed by atoms with Gasteiger partial charge in [-0.05, 0) is 0 Å². The van der Waals surface area contributed by atoms with E-state index in [4.69, 9.17) is 33.7 Å². The Morgan fingerprint density at radius 1 is 0.857 bits per heavy atom. The van der Waals surface area contributed by atoms with Gasteiger partial charge in [-0.2, -0.15) is 10.5 Å². The molecule has 68 valence electrons. The van der Waals surface area contributed by atoms with Gasteiger partial charge >= 0.3 is 0 Å². The van der Waals surface area contributed by atoms with Crippen molar-refractivity contribution >= 4 is 34.8 Å². The largest absolute Gasteiger partial charge is 0.284 e. The number of nitrogens with zero attached hydrogens (tertiary/aromatic N) is 2. The molecule has 0 saturated carbocycles. The fourth-order valence-corrected chi connectivity index (χ4v) is 1.30. The summed E-state index contributed by atoms with van der Waals surface area (Å²) in [5, 5.41) is 16.1. The molecule has 0 saturated heterocycles. The summed E-state index contributed by atoms with van der Waals surface area (Å²) in [6.45, 7) is 0. The van der Waals surface area contributed by atoms with Crippen molar-refractivity contribution < 1.29 is 9.59 Å². The van der Waals surface area contributed by atoms with Crippen LogP contribution in [0.25, 0.3) is 0 Å². The van der Waals surface area contributed by atoms with Crippen molar-refractivity contribution in [2.75, 3.05) is 0 Å². The Balaban J connectivity index is 3.57. The number of rotatable bonds is 0. The van der Waals surface area contributed by atoms with Crippen molar-refractivity contribution in [2.45, 2.75) is 0 Å². The zero-order chi connectivity index (χ0) is 10.9. The van der Waals surface area contributed by atoms with Crippen LogP contribution in [0, 0.1) is 22.7 Å². The van der Waals surface area contributed by atoms with Crippen LogP contribution in [0.15, 0.2) is 21.2 Å². The lowest BCUT2D eigenvalue weighted by Crippen LogP contribution is -2.21. The maximum absolute atomic E-state index is 11.0. The maximum atomic E-state index is 11.0. The minimum Gasteiger partial charge on any atom is -0.284 e. The second-order valence-corrected chi connectivity index (χ2v) is 3.02. The normalized spacial score (nSPS) is 16.9. The number of nitriles is 2. The van der Waals surface area contributed by atoms with Crippen LogP contribution in [0.1, 0.15) is 0 Å². The maximum Gasteiger partial charge on any atom is 0.247 e. The highest BCUT2D eigenvalue weighted by Crippen LogP contribution is 2.29. The molecule has 1 aliphatic carbocycles. The molecule has 0 aromatic rings. The Morgan fingerprint density at radius 3 is 1.36 bits per heavy atom. The Bertz CT molecular complexity index is 442. The highest BCUT2D eigenvalue weighted by Gasteiger charge is 2.33. The fraction of sp³-hybridized carbons (Fsp3) is 0. The number of allylic oxidation sites excluding steroid dienone is 4. The van der Waals surface area contributed by atoms with Crippen LogP contribution in [0.2, 0.25) is 0 Å². The number of hydrogen-bond acceptors (Lipinski definition) is 4. The predicted octanol–water partition coefficient (Wildman–Crippen LogP) is 1.17. The van der Waals surface area contributed by atoms with Crippen molar-refractivity contribution in [1.29, 1.82) is 10.5 Å². The Morgan fingerprint density at radius 2 is 1.14 bits per heavy atom. The molecule has 0 aliphatic heterocycles. The van der Waals surface area contributed by atoms with Gasteiger partial charge in [0.1, 0.15) is 22.2 Å². The summed E-state index contributed by atoms with van der Waals surface area (Å²) in [7, 11) is 0. The zero-order valence-electron chi connectivity index (χ0n) is 6.47. The average Bonchev–Trinajstić information content (AvgIpc) is 2.20. The number of ketones is 2. The van der Waals surface area contributed by atoms with Crippen LogP contribution in [-0.4, -0.2) is 11.6 Å². The first-order valence-corrected chi connectivity index (χ1v) is 3.99. The molecular weight excluding hydrogens is 227 g/mol. The SMILES string of the molecule is N#CC1=C(Cl)C(=O)C(=O)C(Cl)=C1C#N. The molecule has 0 bridgehead atoms. The summed E-state index contributed by atoms with van der Waals surface area (Å²) < 4.78 is 0. The summed E-state index contributed by atoms with van der Waals surface area (Å²) in [4.78, 5) is 22.1. The Labute approximate surface area is 88.6 Å². The van der Waals surface area contributed by atoms with E-state index in [1.165, 1.54) is 0 Å². The highest BCUT2D eigenvalue weighted by molar-refractivity contribution is 6.68. The third-order valence-corrected chi connectivity index (χ3v) is 2.24. The molecule has 1 aliphatic rings. The third kappa shape index (κ3) is 1.31. The second-order valence-electron chi connectivity index (χ2n) is 2.26. The zero-order valence-corrected chi connectivity index (χ0v) is 7.98. The highest BCUT2D eigenvalue weighted by atomic mass is 35.5. The van der Waals surface area contributed by atoms with Gasteiger partial charge in [0.05, 0.1) is 11.1 Å². The van der Waals surface area contributed by atoms with E-state index in [0.717, 1.165) is 0 Å². The van der Waals surface area contributed by atoms with Crippen LogP contribution in [0.3, 0.4) is 0 Å². The van der Waals surface area contributed by atoms with Crippen molar-refractivity contribution in [3.05, 3.63) is 21.2 Å². The standard InChI is InChI=1S/C8Cl2N2O2/c9-5-3(1-11)4(2-12)6(10)8(14)7(5)13. The number of hydrogen-bond donors (Lipinski definition) is 0. The van der Waals surface area contributed by atoms with Gasteiger partial charge in [0.2, 0.25) is 11.6 Å². The first-order valence-electron chi connectivity index (χ1n) is 3.23. The van der Waals surface area contributed by atoms with Gasteiger partial charge in [0.15, 0.2) is 0 Å². The summed E-state index contributed by atoms with van der Waals surface area (Å²) in [5.74, 6) is -2.13. The predicted molar refractivity (Wildman–Crippen MR) is 47.0 cm³/mol. The number of carbonyl (C=O) groups is 2. The molecule has 6 heteroatoms. The van der Waals surface area contributed by atoms with Crippen molar-refractivity contribution in [3.8, 4) is 12.1 Å². The monoisotopic (exact) mass is 226 g/mol. The molecule has 14 heavy (non-hydrogen) atoms. The van der Waals surface area contributed by atoms with Gasteiger partial charge in [0, 0.05) is 0 Å². The van der Waals surface area contributed by atoms with Gasteiger partial charge < -0.3 is 0 Å². The van der Waals surface area contributed by atoms with Crippen LogP contribution < -0.4 is 0 Å². The number of carbonyl (C=O) groups excluding carboxylic acids is 2. The summed E-state index contributed by atoms with van der Waals surface area (Å²) >= 11 is 10.8. The van der Waals surface area contributed by atoms with Crippen LogP contribution in [0.4, 0.5) is 0 Å². The van der Waals surface area contributed by atoms with Crippen molar-refractivity contribution in [1.82, 2.24) is 0 Å². The van der Waals surface area contributed by atoms with E-state index in [1.807, 2.05) is 0 Å². The molecule has 0 fully saturated rings.